The van der Waals surface area contributed by atoms with Crippen molar-refractivity contribution in [1.82, 2.24) is 4.90 Å². The van der Waals surface area contributed by atoms with Gasteiger partial charge in [-0.2, -0.15) is 5.26 Å². The van der Waals surface area contributed by atoms with Gasteiger partial charge in [-0.3, -0.25) is 0 Å². The highest BCUT2D eigenvalue weighted by molar-refractivity contribution is 4.94. The maximum Gasteiger partial charge on any atom is 0.179 e. The van der Waals surface area contributed by atoms with Crippen molar-refractivity contribution in [3.8, 4) is 6.19 Å². The van der Waals surface area contributed by atoms with E-state index in [2.05, 4.69) is 6.19 Å². The molecule has 2 saturated heterocycles. The van der Waals surface area contributed by atoms with Crippen molar-refractivity contribution >= 4 is 0 Å². The first-order valence-electron chi connectivity index (χ1n) is 6.24. The van der Waals surface area contributed by atoms with E-state index < -0.39 is 0 Å². The molecule has 2 atom stereocenters. The van der Waals surface area contributed by atoms with E-state index in [-0.39, 0.29) is 5.79 Å². The van der Waals surface area contributed by atoms with Gasteiger partial charge >= 0.3 is 0 Å². The zero-order valence-electron chi connectivity index (χ0n) is 9.52. The number of nitriles is 1. The Morgan fingerprint density at radius 3 is 2.75 bits per heavy atom. The summed E-state index contributed by atoms with van der Waals surface area (Å²) in [5, 5.41) is 8.91. The van der Waals surface area contributed by atoms with E-state index in [0.29, 0.717) is 11.8 Å². The fourth-order valence-electron chi connectivity index (χ4n) is 3.43. The third-order valence-electron chi connectivity index (χ3n) is 4.32. The molecule has 0 unspecified atom stereocenters. The van der Waals surface area contributed by atoms with Crippen LogP contribution in [0.5, 0.6) is 0 Å². The summed E-state index contributed by atoms with van der Waals surface area (Å²) in [6, 6.07) is 0. The molecule has 3 fully saturated rings. The molecule has 88 valence electrons. The number of nitrogens with zero attached hydrogens (tertiary/aromatic N) is 2. The van der Waals surface area contributed by atoms with E-state index in [4.69, 9.17) is 14.7 Å². The van der Waals surface area contributed by atoms with E-state index in [1.54, 1.807) is 0 Å². The van der Waals surface area contributed by atoms with Gasteiger partial charge in [0.1, 0.15) is 0 Å². The molecule has 0 radical (unpaired) electrons. The summed E-state index contributed by atoms with van der Waals surface area (Å²) in [6.07, 6.45) is 6.57. The first-order chi connectivity index (χ1) is 7.81. The molecule has 4 nitrogen and oxygen atoms in total. The highest BCUT2D eigenvalue weighted by Gasteiger charge is 2.46. The van der Waals surface area contributed by atoms with Crippen LogP contribution >= 0.6 is 0 Å². The smallest absolute Gasteiger partial charge is 0.179 e. The molecule has 0 aromatic rings. The highest BCUT2D eigenvalue weighted by atomic mass is 16.7. The Morgan fingerprint density at radius 1 is 1.19 bits per heavy atom. The van der Waals surface area contributed by atoms with Crippen LogP contribution in [-0.2, 0) is 9.47 Å². The van der Waals surface area contributed by atoms with Gasteiger partial charge in [-0.1, -0.05) is 0 Å². The van der Waals surface area contributed by atoms with Crippen molar-refractivity contribution in [2.24, 2.45) is 11.8 Å². The summed E-state index contributed by atoms with van der Waals surface area (Å²) >= 11 is 0. The minimum absolute atomic E-state index is 0.254. The maximum atomic E-state index is 8.91. The second-order valence-electron chi connectivity index (χ2n) is 5.21. The quantitative estimate of drug-likeness (QED) is 0.580. The molecule has 2 heterocycles. The van der Waals surface area contributed by atoms with Crippen LogP contribution in [0.2, 0.25) is 0 Å². The zero-order valence-corrected chi connectivity index (χ0v) is 9.52. The van der Waals surface area contributed by atoms with Gasteiger partial charge in [-0.15, -0.1) is 0 Å². The molecule has 3 aliphatic rings. The van der Waals surface area contributed by atoms with Crippen LogP contribution in [0.4, 0.5) is 0 Å². The number of ether oxygens (including phenoxy) is 2. The minimum Gasteiger partial charge on any atom is -0.348 e. The highest BCUT2D eigenvalue weighted by Crippen LogP contribution is 2.44. The number of fused-ring (bicyclic) bond motifs is 1. The lowest BCUT2D eigenvalue weighted by molar-refractivity contribution is -0.199. The normalized spacial score (nSPS) is 37.1. The van der Waals surface area contributed by atoms with Gasteiger partial charge in [0.05, 0.1) is 13.2 Å². The van der Waals surface area contributed by atoms with Crippen LogP contribution < -0.4 is 0 Å². The van der Waals surface area contributed by atoms with Crippen LogP contribution in [0.15, 0.2) is 0 Å². The van der Waals surface area contributed by atoms with E-state index in [9.17, 15) is 0 Å². The molecule has 1 spiro atoms. The summed E-state index contributed by atoms with van der Waals surface area (Å²) < 4.78 is 11.6. The zero-order chi connectivity index (χ0) is 11.0. The lowest BCUT2D eigenvalue weighted by atomic mass is 9.72. The van der Waals surface area contributed by atoms with E-state index in [0.717, 1.165) is 52.0 Å². The van der Waals surface area contributed by atoms with E-state index in [1.165, 1.54) is 0 Å². The molecule has 16 heavy (non-hydrogen) atoms. The SMILES string of the molecule is N#CN1CC[C@@H]2CC3(CC[C@@H]2C1)OCCO3. The predicted octanol–water partition coefficient (Wildman–Crippen LogP) is 1.33. The number of piperidine rings is 1. The molecule has 3 rings (SSSR count). The van der Waals surface area contributed by atoms with Gasteiger partial charge in [-0.25, -0.2) is 0 Å². The van der Waals surface area contributed by atoms with Crippen molar-refractivity contribution in [3.63, 3.8) is 0 Å². The van der Waals surface area contributed by atoms with Gasteiger partial charge in [0.2, 0.25) is 0 Å². The lowest BCUT2D eigenvalue weighted by Crippen LogP contribution is -2.47. The topological polar surface area (TPSA) is 45.5 Å². The summed E-state index contributed by atoms with van der Waals surface area (Å²) in [6.45, 7) is 3.36. The second kappa shape index (κ2) is 3.90. The molecule has 0 bridgehead atoms. The van der Waals surface area contributed by atoms with E-state index >= 15 is 0 Å². The van der Waals surface area contributed by atoms with Crippen LogP contribution in [-0.4, -0.2) is 37.0 Å². The number of likely N-dealkylation sites (tertiary alicyclic amines) is 1. The van der Waals surface area contributed by atoms with Gasteiger partial charge in [0.25, 0.3) is 0 Å². The van der Waals surface area contributed by atoms with Crippen LogP contribution in [0.25, 0.3) is 0 Å². The van der Waals surface area contributed by atoms with Crippen molar-refractivity contribution < 1.29 is 9.47 Å². The van der Waals surface area contributed by atoms with Crippen LogP contribution in [0, 0.1) is 23.3 Å². The molecule has 1 aliphatic carbocycles. The summed E-state index contributed by atoms with van der Waals surface area (Å²) in [4.78, 5) is 1.90. The lowest BCUT2D eigenvalue weighted by Gasteiger charge is -2.45. The first kappa shape index (κ1) is 10.4. The van der Waals surface area contributed by atoms with Crippen LogP contribution in [0.3, 0.4) is 0 Å². The van der Waals surface area contributed by atoms with Crippen molar-refractivity contribution in [3.05, 3.63) is 0 Å². The van der Waals surface area contributed by atoms with Gasteiger partial charge in [0.15, 0.2) is 12.0 Å². The Kier molecular flexibility index (Phi) is 2.53. The molecule has 0 N–H and O–H groups in total. The molecule has 0 aromatic carbocycles. The van der Waals surface area contributed by atoms with Crippen molar-refractivity contribution in [2.45, 2.75) is 31.5 Å². The first-order valence-corrected chi connectivity index (χ1v) is 6.24. The predicted molar refractivity (Wildman–Crippen MR) is 57.3 cm³/mol. The molecular formula is C12H18N2O2. The Hall–Kier alpha value is -0.790. The number of hydrogen-bond acceptors (Lipinski definition) is 4. The Labute approximate surface area is 96.1 Å². The second-order valence-corrected chi connectivity index (χ2v) is 5.21. The molecule has 0 amide bonds. The molecular weight excluding hydrogens is 204 g/mol. The largest absolute Gasteiger partial charge is 0.348 e. The van der Waals surface area contributed by atoms with Gasteiger partial charge in [-0.05, 0) is 24.7 Å². The summed E-state index contributed by atoms with van der Waals surface area (Å²) in [5.74, 6) is 1.11. The number of rotatable bonds is 0. The molecule has 4 heteroatoms. The third kappa shape index (κ3) is 1.68. The maximum absolute atomic E-state index is 8.91. The Balaban J connectivity index is 1.66. The van der Waals surface area contributed by atoms with Crippen molar-refractivity contribution in [2.75, 3.05) is 26.3 Å². The molecule has 1 saturated carbocycles. The molecule has 0 aromatic heterocycles. The van der Waals surface area contributed by atoms with Gasteiger partial charge < -0.3 is 14.4 Å². The van der Waals surface area contributed by atoms with Crippen LogP contribution in [0.1, 0.15) is 25.7 Å². The monoisotopic (exact) mass is 222 g/mol. The van der Waals surface area contributed by atoms with Gasteiger partial charge in [0, 0.05) is 25.9 Å². The fraction of sp³-hybridized carbons (Fsp3) is 0.917. The summed E-state index contributed by atoms with van der Waals surface area (Å²) in [5.41, 5.74) is 0. The molecule has 2 aliphatic heterocycles. The fourth-order valence-corrected chi connectivity index (χ4v) is 3.43. The van der Waals surface area contributed by atoms with E-state index in [1.807, 2.05) is 4.90 Å². The average molecular weight is 222 g/mol. The average Bonchev–Trinajstić information content (AvgIpc) is 2.77. The number of hydrogen-bond donors (Lipinski definition) is 0. The summed E-state index contributed by atoms with van der Waals surface area (Å²) in [7, 11) is 0. The standard InChI is InChI=1S/C12H18N2O2/c13-9-14-4-2-10-7-12(15-5-6-16-12)3-1-11(10)8-14/h10-11H,1-8H2/t10-,11-/m1/s1. The van der Waals surface area contributed by atoms with Crippen molar-refractivity contribution in [1.29, 1.82) is 5.26 Å². The Morgan fingerprint density at radius 2 is 2.00 bits per heavy atom. The third-order valence-corrected chi connectivity index (χ3v) is 4.32. The Bertz CT molecular complexity index is 307. The minimum atomic E-state index is -0.254.